The highest BCUT2D eigenvalue weighted by Gasteiger charge is 2.17. The predicted octanol–water partition coefficient (Wildman–Crippen LogP) is 4.52. The van der Waals surface area contributed by atoms with Crippen LogP contribution in [0.25, 0.3) is 0 Å². The molecular weight excluding hydrogens is 429 g/mol. The molecule has 2 atom stereocenters. The molecule has 0 aromatic rings. The van der Waals surface area contributed by atoms with Gasteiger partial charge in [-0.05, 0) is 12.8 Å². The molecule has 0 spiro atoms. The lowest BCUT2D eigenvalue weighted by atomic mass is 10.0. The Morgan fingerprint density at radius 3 is 2.00 bits per heavy atom. The number of allylic oxidation sites excluding steroid dienone is 1. The summed E-state index contributed by atoms with van der Waals surface area (Å²) in [6.45, 7) is 2.00. The molecule has 25 heavy (non-hydrogen) atoms. The second kappa shape index (κ2) is 18.6. The van der Waals surface area contributed by atoms with E-state index in [0.29, 0.717) is 4.43 Å². The zero-order valence-corrected chi connectivity index (χ0v) is 18.0. The maximum absolute atomic E-state index is 11.3. The molecule has 0 saturated heterocycles. The van der Waals surface area contributed by atoms with E-state index in [-0.39, 0.29) is 12.5 Å². The van der Waals surface area contributed by atoms with Crippen molar-refractivity contribution >= 4 is 28.5 Å². The fraction of sp³-hybridized carbons (Fsp3) is 0.850. The first kappa shape index (κ1) is 24.9. The summed E-state index contributed by atoms with van der Waals surface area (Å²) in [5.41, 5.74) is 0. The minimum Gasteiger partial charge on any atom is -0.394 e. The molecular formula is C20H38INO3. The van der Waals surface area contributed by atoms with Crippen molar-refractivity contribution in [1.82, 2.24) is 5.32 Å². The number of hydrogen-bond donors (Lipinski definition) is 3. The van der Waals surface area contributed by atoms with Gasteiger partial charge in [-0.25, -0.2) is 0 Å². The zero-order chi connectivity index (χ0) is 18.8. The monoisotopic (exact) mass is 467 g/mol. The lowest BCUT2D eigenvalue weighted by Crippen LogP contribution is -2.45. The molecule has 148 valence electrons. The van der Waals surface area contributed by atoms with E-state index >= 15 is 0 Å². The highest BCUT2D eigenvalue weighted by Crippen LogP contribution is 2.12. The van der Waals surface area contributed by atoms with E-state index in [1.54, 1.807) is 6.08 Å². The van der Waals surface area contributed by atoms with E-state index in [1.807, 2.05) is 28.7 Å². The normalized spacial score (nSPS) is 13.9. The van der Waals surface area contributed by atoms with Gasteiger partial charge in [-0.15, -0.1) is 0 Å². The fourth-order valence-corrected chi connectivity index (χ4v) is 3.00. The molecule has 0 bridgehead atoms. The summed E-state index contributed by atoms with van der Waals surface area (Å²) in [6, 6.07) is -0.615. The van der Waals surface area contributed by atoms with Crippen LogP contribution >= 0.6 is 22.6 Å². The van der Waals surface area contributed by atoms with Gasteiger partial charge in [0.25, 0.3) is 0 Å². The molecule has 5 heteroatoms. The number of carbonyl (C=O) groups is 1. The van der Waals surface area contributed by atoms with Gasteiger partial charge in [0, 0.05) is 0 Å². The SMILES string of the molecule is CCCCCCCCCCCCC/C=C/[C@@H](O)C(CO)NC(=O)CI. The van der Waals surface area contributed by atoms with Gasteiger partial charge in [0.05, 0.1) is 23.2 Å². The molecule has 0 aliphatic heterocycles. The molecule has 0 heterocycles. The molecule has 0 fully saturated rings. The van der Waals surface area contributed by atoms with Crippen LogP contribution in [-0.2, 0) is 4.79 Å². The first-order valence-electron chi connectivity index (χ1n) is 9.96. The van der Waals surface area contributed by atoms with Crippen molar-refractivity contribution in [3.05, 3.63) is 12.2 Å². The van der Waals surface area contributed by atoms with E-state index in [2.05, 4.69) is 12.2 Å². The molecule has 1 unspecified atom stereocenters. The molecule has 0 aromatic heterocycles. The Labute approximate surface area is 168 Å². The average molecular weight is 467 g/mol. The molecule has 0 radical (unpaired) electrons. The van der Waals surface area contributed by atoms with Crippen LogP contribution in [0.1, 0.15) is 84.0 Å². The number of amides is 1. The highest BCUT2D eigenvalue weighted by molar-refractivity contribution is 14.1. The van der Waals surface area contributed by atoms with Gasteiger partial charge in [0.1, 0.15) is 0 Å². The summed E-state index contributed by atoms with van der Waals surface area (Å²) in [5.74, 6) is -0.169. The maximum atomic E-state index is 11.3. The topological polar surface area (TPSA) is 69.6 Å². The van der Waals surface area contributed by atoms with Gasteiger partial charge in [-0.3, -0.25) is 4.79 Å². The van der Waals surface area contributed by atoms with Crippen LogP contribution in [0, 0.1) is 0 Å². The van der Waals surface area contributed by atoms with Gasteiger partial charge in [-0.2, -0.15) is 0 Å². The second-order valence-electron chi connectivity index (χ2n) is 6.73. The molecule has 0 aliphatic carbocycles. The Hall–Kier alpha value is -0.140. The largest absolute Gasteiger partial charge is 0.394 e. The standard InChI is InChI=1S/C20H38INO3/c1-2-3-4-5-6-7-8-9-10-11-12-13-14-15-19(24)18(17-23)22-20(25)16-21/h14-15,18-19,23-24H,2-13,16-17H2,1H3,(H,22,25)/b15-14+/t18?,19-/m1/s1. The molecule has 3 N–H and O–H groups in total. The summed E-state index contributed by atoms with van der Waals surface area (Å²) in [5, 5.41) is 21.8. The Kier molecular flexibility index (Phi) is 18.5. The number of unbranched alkanes of at least 4 members (excludes halogenated alkanes) is 11. The Bertz CT molecular complexity index is 337. The van der Waals surface area contributed by atoms with Crippen LogP contribution in [0.2, 0.25) is 0 Å². The summed E-state index contributed by atoms with van der Waals surface area (Å²) in [7, 11) is 0. The van der Waals surface area contributed by atoms with Crippen molar-refractivity contribution in [2.45, 2.75) is 96.1 Å². The molecule has 4 nitrogen and oxygen atoms in total. The quantitative estimate of drug-likeness (QED) is 0.128. The van der Waals surface area contributed by atoms with Crippen LogP contribution < -0.4 is 5.32 Å². The van der Waals surface area contributed by atoms with Crippen molar-refractivity contribution in [3.63, 3.8) is 0 Å². The number of carbonyl (C=O) groups excluding carboxylic acids is 1. The lowest BCUT2D eigenvalue weighted by molar-refractivity contribution is -0.120. The summed E-state index contributed by atoms with van der Waals surface area (Å²) in [6.07, 6.45) is 18.3. The third-order valence-corrected chi connectivity index (χ3v) is 5.08. The van der Waals surface area contributed by atoms with Gasteiger partial charge >= 0.3 is 0 Å². The van der Waals surface area contributed by atoms with Crippen LogP contribution in [0.4, 0.5) is 0 Å². The van der Waals surface area contributed by atoms with Crippen LogP contribution in [-0.4, -0.2) is 39.3 Å². The molecule has 0 aliphatic rings. The number of aliphatic hydroxyl groups is 2. The summed E-state index contributed by atoms with van der Waals surface area (Å²) < 4.78 is 0.323. The summed E-state index contributed by atoms with van der Waals surface area (Å²) in [4.78, 5) is 11.3. The van der Waals surface area contributed by atoms with E-state index in [4.69, 9.17) is 0 Å². The van der Waals surface area contributed by atoms with E-state index in [9.17, 15) is 15.0 Å². The van der Waals surface area contributed by atoms with Gasteiger partial charge in [0.2, 0.25) is 5.91 Å². The van der Waals surface area contributed by atoms with Crippen LogP contribution in [0.5, 0.6) is 0 Å². The minimum atomic E-state index is -0.829. The second-order valence-corrected chi connectivity index (χ2v) is 7.50. The molecule has 0 saturated carbocycles. The number of halogens is 1. The highest BCUT2D eigenvalue weighted by atomic mass is 127. The minimum absolute atomic E-state index is 0.169. The van der Waals surface area contributed by atoms with E-state index in [0.717, 1.165) is 12.8 Å². The van der Waals surface area contributed by atoms with Crippen LogP contribution in [0.3, 0.4) is 0 Å². The lowest BCUT2D eigenvalue weighted by Gasteiger charge is -2.19. The van der Waals surface area contributed by atoms with Gasteiger partial charge in [0.15, 0.2) is 0 Å². The first-order chi connectivity index (χ1) is 12.2. The maximum Gasteiger partial charge on any atom is 0.230 e. The third kappa shape index (κ3) is 15.8. The predicted molar refractivity (Wildman–Crippen MR) is 114 cm³/mol. The number of hydrogen-bond acceptors (Lipinski definition) is 3. The average Bonchev–Trinajstić information content (AvgIpc) is 2.63. The Morgan fingerprint density at radius 1 is 1.00 bits per heavy atom. The number of alkyl halides is 1. The van der Waals surface area contributed by atoms with E-state index in [1.165, 1.54) is 64.2 Å². The number of aliphatic hydroxyl groups excluding tert-OH is 2. The number of rotatable bonds is 17. The van der Waals surface area contributed by atoms with Gasteiger partial charge in [-0.1, -0.05) is 106 Å². The Balaban J connectivity index is 3.54. The zero-order valence-electron chi connectivity index (χ0n) is 15.9. The third-order valence-electron chi connectivity index (χ3n) is 4.38. The van der Waals surface area contributed by atoms with E-state index < -0.39 is 12.1 Å². The summed E-state index contributed by atoms with van der Waals surface area (Å²) >= 11 is 1.96. The van der Waals surface area contributed by atoms with Gasteiger partial charge < -0.3 is 15.5 Å². The van der Waals surface area contributed by atoms with Crippen LogP contribution in [0.15, 0.2) is 12.2 Å². The van der Waals surface area contributed by atoms with Crippen molar-refractivity contribution in [3.8, 4) is 0 Å². The first-order valence-corrected chi connectivity index (χ1v) is 11.5. The van der Waals surface area contributed by atoms with Crippen molar-refractivity contribution in [2.24, 2.45) is 0 Å². The van der Waals surface area contributed by atoms with Crippen molar-refractivity contribution in [1.29, 1.82) is 0 Å². The Morgan fingerprint density at radius 2 is 1.52 bits per heavy atom. The van der Waals surface area contributed by atoms with Crippen molar-refractivity contribution in [2.75, 3.05) is 11.0 Å². The molecule has 0 aromatic carbocycles. The number of nitrogens with one attached hydrogen (secondary N) is 1. The van der Waals surface area contributed by atoms with Crippen molar-refractivity contribution < 1.29 is 15.0 Å². The molecule has 1 amide bonds. The molecule has 0 rings (SSSR count). The smallest absolute Gasteiger partial charge is 0.230 e. The fourth-order valence-electron chi connectivity index (χ4n) is 2.78.